The van der Waals surface area contributed by atoms with E-state index >= 15 is 0 Å². The van der Waals surface area contributed by atoms with E-state index in [2.05, 4.69) is 39.4 Å². The van der Waals surface area contributed by atoms with Gasteiger partial charge in [0.05, 0.1) is 0 Å². The van der Waals surface area contributed by atoms with Crippen molar-refractivity contribution in [1.29, 1.82) is 0 Å². The fraction of sp³-hybridized carbons (Fsp3) is 0.0588. The molecule has 0 unspecified atom stereocenters. The summed E-state index contributed by atoms with van der Waals surface area (Å²) in [5, 5.41) is 24.8. The van der Waals surface area contributed by atoms with Crippen molar-refractivity contribution in [3.05, 3.63) is 64.6 Å². The van der Waals surface area contributed by atoms with Crippen LogP contribution in [0.3, 0.4) is 0 Å². The van der Waals surface area contributed by atoms with Gasteiger partial charge in [0.25, 0.3) is 0 Å². The maximum Gasteiger partial charge on any atom is 0.162 e. The van der Waals surface area contributed by atoms with Crippen molar-refractivity contribution >= 4 is 32.4 Å². The number of aromatic hydroxyl groups is 2. The van der Waals surface area contributed by atoms with Crippen LogP contribution in [0.4, 0.5) is 5.69 Å². The summed E-state index contributed by atoms with van der Waals surface area (Å²) in [6.07, 6.45) is 0. The molecule has 0 atom stereocenters. The van der Waals surface area contributed by atoms with Crippen LogP contribution in [0.1, 0.15) is 5.56 Å². The normalized spacial score (nSPS) is 10.7. The van der Waals surface area contributed by atoms with Gasteiger partial charge < -0.3 is 15.5 Å². The number of rotatable bonds is 3. The molecule has 21 heavy (non-hydrogen) atoms. The highest BCUT2D eigenvalue weighted by Crippen LogP contribution is 2.29. The first-order chi connectivity index (χ1) is 10.1. The van der Waals surface area contributed by atoms with Gasteiger partial charge in [-0.25, -0.2) is 0 Å². The van der Waals surface area contributed by atoms with Gasteiger partial charge in [0.2, 0.25) is 0 Å². The zero-order chi connectivity index (χ0) is 14.8. The average molecular weight is 344 g/mol. The van der Waals surface area contributed by atoms with Gasteiger partial charge in [-0.15, -0.1) is 0 Å². The molecule has 0 aliphatic heterocycles. The lowest BCUT2D eigenvalue weighted by Crippen LogP contribution is -1.99. The van der Waals surface area contributed by atoms with Gasteiger partial charge >= 0.3 is 0 Å². The molecular formula is C17H14BrNO2. The first-order valence-electron chi connectivity index (χ1n) is 6.56. The van der Waals surface area contributed by atoms with E-state index in [-0.39, 0.29) is 11.5 Å². The number of phenols is 2. The van der Waals surface area contributed by atoms with Crippen molar-refractivity contribution in [2.45, 2.75) is 6.54 Å². The van der Waals surface area contributed by atoms with Crippen LogP contribution in [0.5, 0.6) is 11.5 Å². The topological polar surface area (TPSA) is 52.5 Å². The van der Waals surface area contributed by atoms with Gasteiger partial charge in [0, 0.05) is 22.3 Å². The SMILES string of the molecule is Oc1cccc(CNc2ccc3cc(Br)ccc3c2)c1O. The average Bonchev–Trinajstić information content (AvgIpc) is 2.49. The third-order valence-electron chi connectivity index (χ3n) is 3.38. The first kappa shape index (κ1) is 13.8. The zero-order valence-corrected chi connectivity index (χ0v) is 12.8. The first-order valence-corrected chi connectivity index (χ1v) is 7.36. The minimum Gasteiger partial charge on any atom is -0.504 e. The molecular weight excluding hydrogens is 330 g/mol. The number of hydrogen-bond acceptors (Lipinski definition) is 3. The van der Waals surface area contributed by atoms with Crippen LogP contribution in [-0.2, 0) is 6.54 Å². The van der Waals surface area contributed by atoms with Crippen LogP contribution in [0.15, 0.2) is 59.1 Å². The minimum atomic E-state index is -0.0994. The summed E-state index contributed by atoms with van der Waals surface area (Å²) in [5.74, 6) is -0.174. The summed E-state index contributed by atoms with van der Waals surface area (Å²) >= 11 is 3.46. The number of halogens is 1. The van der Waals surface area contributed by atoms with Gasteiger partial charge in [-0.1, -0.05) is 40.2 Å². The van der Waals surface area contributed by atoms with Crippen molar-refractivity contribution in [2.24, 2.45) is 0 Å². The second-order valence-corrected chi connectivity index (χ2v) is 5.76. The van der Waals surface area contributed by atoms with Gasteiger partial charge in [-0.2, -0.15) is 0 Å². The number of fused-ring (bicyclic) bond motifs is 1. The number of hydrogen-bond donors (Lipinski definition) is 3. The van der Waals surface area contributed by atoms with E-state index in [1.165, 1.54) is 6.07 Å². The smallest absolute Gasteiger partial charge is 0.162 e. The Balaban J connectivity index is 1.82. The fourth-order valence-corrected chi connectivity index (χ4v) is 2.62. The van der Waals surface area contributed by atoms with Crippen molar-refractivity contribution in [2.75, 3.05) is 5.32 Å². The molecule has 0 saturated carbocycles. The Bertz CT molecular complexity index is 802. The lowest BCUT2D eigenvalue weighted by molar-refractivity contribution is 0.400. The standard InChI is InChI=1S/C17H14BrNO2/c18-14-6-4-12-9-15(7-5-11(12)8-14)19-10-13-2-1-3-16(20)17(13)21/h1-9,19-21H,10H2. The van der Waals surface area contributed by atoms with Crippen LogP contribution in [0, 0.1) is 0 Å². The maximum absolute atomic E-state index is 9.78. The Morgan fingerprint density at radius 3 is 2.52 bits per heavy atom. The lowest BCUT2D eigenvalue weighted by atomic mass is 10.1. The van der Waals surface area contributed by atoms with Crippen LogP contribution < -0.4 is 5.32 Å². The van der Waals surface area contributed by atoms with Crippen LogP contribution in [0.25, 0.3) is 10.8 Å². The molecule has 0 aliphatic rings. The van der Waals surface area contributed by atoms with Crippen molar-refractivity contribution < 1.29 is 10.2 Å². The molecule has 3 aromatic carbocycles. The largest absolute Gasteiger partial charge is 0.504 e. The third-order valence-corrected chi connectivity index (χ3v) is 3.88. The molecule has 0 radical (unpaired) electrons. The Morgan fingerprint density at radius 1 is 0.905 bits per heavy atom. The molecule has 3 aromatic rings. The number of nitrogens with one attached hydrogen (secondary N) is 1. The zero-order valence-electron chi connectivity index (χ0n) is 11.2. The Labute approximate surface area is 131 Å². The molecule has 0 spiro atoms. The number of benzene rings is 3. The minimum absolute atomic E-state index is 0.0743. The predicted octanol–water partition coefficient (Wildman–Crippen LogP) is 4.63. The van der Waals surface area contributed by atoms with Gasteiger partial charge in [-0.3, -0.25) is 0 Å². The highest BCUT2D eigenvalue weighted by atomic mass is 79.9. The molecule has 4 heteroatoms. The molecule has 0 fully saturated rings. The highest BCUT2D eigenvalue weighted by molar-refractivity contribution is 9.10. The van der Waals surface area contributed by atoms with E-state index in [1.807, 2.05) is 18.2 Å². The lowest BCUT2D eigenvalue weighted by Gasteiger charge is -2.10. The van der Waals surface area contributed by atoms with E-state index in [1.54, 1.807) is 12.1 Å². The monoisotopic (exact) mass is 343 g/mol. The molecule has 0 saturated heterocycles. The van der Waals surface area contributed by atoms with Crippen molar-refractivity contribution in [3.8, 4) is 11.5 Å². The van der Waals surface area contributed by atoms with Crippen LogP contribution >= 0.6 is 15.9 Å². The molecule has 0 aliphatic carbocycles. The summed E-state index contributed by atoms with van der Waals surface area (Å²) in [6, 6.07) is 17.2. The van der Waals surface area contributed by atoms with Crippen molar-refractivity contribution in [3.63, 3.8) is 0 Å². The van der Waals surface area contributed by atoms with Gasteiger partial charge in [0.15, 0.2) is 11.5 Å². The summed E-state index contributed by atoms with van der Waals surface area (Å²) in [5.41, 5.74) is 1.62. The predicted molar refractivity (Wildman–Crippen MR) is 88.7 cm³/mol. The van der Waals surface area contributed by atoms with E-state index in [0.717, 1.165) is 20.9 Å². The molecule has 106 valence electrons. The third kappa shape index (κ3) is 2.95. The number of phenolic OH excluding ortho intramolecular Hbond substituents is 2. The molecule has 0 aromatic heterocycles. The van der Waals surface area contributed by atoms with E-state index < -0.39 is 0 Å². The molecule has 3 N–H and O–H groups in total. The van der Waals surface area contributed by atoms with E-state index in [0.29, 0.717) is 12.1 Å². The maximum atomic E-state index is 9.78. The Kier molecular flexibility index (Phi) is 3.71. The highest BCUT2D eigenvalue weighted by Gasteiger charge is 2.05. The van der Waals surface area contributed by atoms with Crippen LogP contribution in [0.2, 0.25) is 0 Å². The van der Waals surface area contributed by atoms with Crippen molar-refractivity contribution in [1.82, 2.24) is 0 Å². The molecule has 3 rings (SSSR count). The fourth-order valence-electron chi connectivity index (χ4n) is 2.24. The summed E-state index contributed by atoms with van der Waals surface area (Å²) in [6.45, 7) is 0.447. The summed E-state index contributed by atoms with van der Waals surface area (Å²) in [4.78, 5) is 0. The van der Waals surface area contributed by atoms with E-state index in [9.17, 15) is 10.2 Å². The Morgan fingerprint density at radius 2 is 1.67 bits per heavy atom. The molecule has 0 heterocycles. The quantitative estimate of drug-likeness (QED) is 0.608. The van der Waals surface area contributed by atoms with Gasteiger partial charge in [0.1, 0.15) is 0 Å². The second-order valence-electron chi connectivity index (χ2n) is 4.84. The summed E-state index contributed by atoms with van der Waals surface area (Å²) < 4.78 is 1.06. The van der Waals surface area contributed by atoms with E-state index in [4.69, 9.17) is 0 Å². The molecule has 0 amide bonds. The van der Waals surface area contributed by atoms with Crippen LogP contribution in [-0.4, -0.2) is 10.2 Å². The summed E-state index contributed by atoms with van der Waals surface area (Å²) in [7, 11) is 0. The molecule has 0 bridgehead atoms. The second kappa shape index (κ2) is 5.66. The number of para-hydroxylation sites is 1. The number of anilines is 1. The van der Waals surface area contributed by atoms with Gasteiger partial charge in [-0.05, 0) is 41.1 Å². The molecule has 3 nitrogen and oxygen atoms in total. The Hall–Kier alpha value is -2.20.